The van der Waals surface area contributed by atoms with Gasteiger partial charge < -0.3 is 5.73 Å². The van der Waals surface area contributed by atoms with Gasteiger partial charge in [-0.15, -0.1) is 11.3 Å². The lowest BCUT2D eigenvalue weighted by molar-refractivity contribution is -0.128. The van der Waals surface area contributed by atoms with Crippen LogP contribution in [-0.4, -0.2) is 23.8 Å². The molecule has 1 aromatic carbocycles. The van der Waals surface area contributed by atoms with Crippen molar-refractivity contribution in [1.82, 2.24) is 4.90 Å². The fraction of sp³-hybridized carbons (Fsp3) is 0.235. The number of hydrogen-bond donors (Lipinski definition) is 1. The van der Waals surface area contributed by atoms with Crippen molar-refractivity contribution in [2.24, 2.45) is 10.7 Å². The number of nitriles is 1. The molecule has 0 spiro atoms. The Kier molecular flexibility index (Phi) is 3.85. The molecule has 2 N–H and O–H groups in total. The minimum Gasteiger partial charge on any atom is -0.369 e. The molecular formula is C17H15FN4OS. The fourth-order valence-electron chi connectivity index (χ4n) is 2.64. The van der Waals surface area contributed by atoms with E-state index in [1.165, 1.54) is 4.90 Å². The van der Waals surface area contributed by atoms with E-state index < -0.39 is 5.54 Å². The van der Waals surface area contributed by atoms with Gasteiger partial charge in [0.15, 0.2) is 11.1 Å². The minimum atomic E-state index is -0.885. The number of amides is 1. The summed E-state index contributed by atoms with van der Waals surface area (Å²) < 4.78 is 14.5. The van der Waals surface area contributed by atoms with Crippen LogP contribution >= 0.6 is 11.3 Å². The van der Waals surface area contributed by atoms with Gasteiger partial charge in [0.2, 0.25) is 5.91 Å². The molecule has 2 aromatic rings. The molecule has 1 amide bonds. The Hall–Kier alpha value is -2.72. The number of thiophene rings is 1. The zero-order chi connectivity index (χ0) is 17.5. The van der Waals surface area contributed by atoms with Crippen LogP contribution < -0.4 is 5.73 Å². The summed E-state index contributed by atoms with van der Waals surface area (Å²) in [5.41, 5.74) is 6.40. The van der Waals surface area contributed by atoms with Crippen LogP contribution in [0.2, 0.25) is 0 Å². The van der Waals surface area contributed by atoms with Gasteiger partial charge in [0.05, 0.1) is 18.1 Å². The number of nitrogens with two attached hydrogens (primary N) is 1. The third kappa shape index (κ3) is 2.65. The SMILES string of the molecule is CN1C(=O)C[C@@](C)(c2cc(-c3cccc(C#N)c3)c(F)s2)N=C1N. The first-order valence-corrected chi connectivity index (χ1v) is 8.08. The highest BCUT2D eigenvalue weighted by Gasteiger charge is 2.38. The van der Waals surface area contributed by atoms with Crippen LogP contribution in [-0.2, 0) is 10.3 Å². The molecule has 5 nitrogen and oxygen atoms in total. The van der Waals surface area contributed by atoms with E-state index in [4.69, 9.17) is 11.0 Å². The number of guanidine groups is 1. The van der Waals surface area contributed by atoms with Crippen LogP contribution in [0, 0.1) is 16.5 Å². The summed E-state index contributed by atoms with van der Waals surface area (Å²) in [7, 11) is 1.56. The van der Waals surface area contributed by atoms with Crippen LogP contribution in [0.25, 0.3) is 11.1 Å². The lowest BCUT2D eigenvalue weighted by atomic mass is 9.93. The van der Waals surface area contributed by atoms with E-state index in [-0.39, 0.29) is 23.4 Å². The van der Waals surface area contributed by atoms with Crippen LogP contribution in [0.5, 0.6) is 0 Å². The first kappa shape index (κ1) is 16.1. The van der Waals surface area contributed by atoms with Crippen LogP contribution in [0.15, 0.2) is 35.3 Å². The van der Waals surface area contributed by atoms with Gasteiger partial charge in [-0.05, 0) is 30.7 Å². The van der Waals surface area contributed by atoms with Crippen molar-refractivity contribution in [2.45, 2.75) is 18.9 Å². The van der Waals surface area contributed by atoms with Gasteiger partial charge in [-0.25, -0.2) is 4.99 Å². The fourth-order valence-corrected chi connectivity index (χ4v) is 3.63. The van der Waals surface area contributed by atoms with E-state index in [9.17, 15) is 9.18 Å². The zero-order valence-corrected chi connectivity index (χ0v) is 14.0. The lowest BCUT2D eigenvalue weighted by Gasteiger charge is -2.32. The van der Waals surface area contributed by atoms with Gasteiger partial charge in [0.25, 0.3) is 0 Å². The maximum absolute atomic E-state index is 14.5. The van der Waals surface area contributed by atoms with Crippen molar-refractivity contribution < 1.29 is 9.18 Å². The molecule has 2 heterocycles. The number of hydrogen-bond acceptors (Lipinski definition) is 5. The smallest absolute Gasteiger partial charge is 0.231 e. The molecule has 0 bridgehead atoms. The zero-order valence-electron chi connectivity index (χ0n) is 13.2. The van der Waals surface area contributed by atoms with Crippen molar-refractivity contribution in [3.8, 4) is 17.2 Å². The normalized spacial score (nSPS) is 20.7. The van der Waals surface area contributed by atoms with Gasteiger partial charge in [-0.1, -0.05) is 12.1 Å². The highest BCUT2D eigenvalue weighted by molar-refractivity contribution is 7.11. The molecule has 1 atom stereocenters. The molecule has 7 heteroatoms. The van der Waals surface area contributed by atoms with Crippen molar-refractivity contribution in [2.75, 3.05) is 7.05 Å². The topological polar surface area (TPSA) is 82.5 Å². The molecule has 0 radical (unpaired) electrons. The third-order valence-electron chi connectivity index (χ3n) is 4.09. The van der Waals surface area contributed by atoms with E-state index in [0.29, 0.717) is 21.6 Å². The minimum absolute atomic E-state index is 0.121. The van der Waals surface area contributed by atoms with Gasteiger partial charge >= 0.3 is 0 Å². The summed E-state index contributed by atoms with van der Waals surface area (Å²) in [6, 6.07) is 10.5. The van der Waals surface area contributed by atoms with Crippen molar-refractivity contribution in [3.63, 3.8) is 0 Å². The van der Waals surface area contributed by atoms with Crippen molar-refractivity contribution >= 4 is 23.2 Å². The summed E-state index contributed by atoms with van der Waals surface area (Å²) in [5.74, 6) is -0.0394. The van der Waals surface area contributed by atoms with Crippen molar-refractivity contribution in [1.29, 1.82) is 5.26 Å². The Labute approximate surface area is 142 Å². The number of carbonyl (C=O) groups excluding carboxylic acids is 1. The molecule has 0 aliphatic carbocycles. The monoisotopic (exact) mass is 342 g/mol. The maximum Gasteiger partial charge on any atom is 0.231 e. The van der Waals surface area contributed by atoms with E-state index >= 15 is 0 Å². The number of benzene rings is 1. The largest absolute Gasteiger partial charge is 0.369 e. The molecule has 0 saturated carbocycles. The number of carbonyl (C=O) groups is 1. The molecule has 0 unspecified atom stereocenters. The highest BCUT2D eigenvalue weighted by Crippen LogP contribution is 2.41. The molecule has 1 aliphatic heterocycles. The summed E-state index contributed by atoms with van der Waals surface area (Å²) in [6.45, 7) is 1.77. The Morgan fingerprint density at radius 3 is 2.88 bits per heavy atom. The van der Waals surface area contributed by atoms with E-state index in [2.05, 4.69) is 4.99 Å². The maximum atomic E-state index is 14.5. The molecule has 24 heavy (non-hydrogen) atoms. The molecule has 0 saturated heterocycles. The number of nitrogens with zero attached hydrogens (tertiary/aromatic N) is 3. The van der Waals surface area contributed by atoms with Crippen LogP contribution in [0.1, 0.15) is 23.8 Å². The molecule has 1 aromatic heterocycles. The summed E-state index contributed by atoms with van der Waals surface area (Å²) in [6.07, 6.45) is 0.127. The average molecular weight is 342 g/mol. The standard InChI is InChI=1S/C17H15FN4OS/c1-17(8-14(23)22(2)16(20)21-17)13-7-12(15(18)24-13)11-5-3-4-10(6-11)9-19/h3-7H,8H2,1-2H3,(H2,20,21)/t17-/m0/s1. The Bertz CT molecular complexity index is 898. The van der Waals surface area contributed by atoms with E-state index in [0.717, 1.165) is 11.3 Å². The summed E-state index contributed by atoms with van der Waals surface area (Å²) in [4.78, 5) is 18.4. The number of rotatable bonds is 2. The Morgan fingerprint density at radius 2 is 2.21 bits per heavy atom. The quantitative estimate of drug-likeness (QED) is 0.911. The molecular weight excluding hydrogens is 327 g/mol. The second-order valence-electron chi connectivity index (χ2n) is 5.86. The predicted octanol–water partition coefficient (Wildman–Crippen LogP) is 2.82. The second-order valence-corrected chi connectivity index (χ2v) is 6.87. The summed E-state index contributed by atoms with van der Waals surface area (Å²) in [5, 5.41) is 8.62. The molecule has 3 rings (SSSR count). The predicted molar refractivity (Wildman–Crippen MR) is 90.8 cm³/mol. The molecule has 1 aliphatic rings. The van der Waals surface area contributed by atoms with Gasteiger partial charge in [0.1, 0.15) is 5.54 Å². The molecule has 122 valence electrons. The number of halogens is 1. The highest BCUT2D eigenvalue weighted by atomic mass is 32.1. The van der Waals surface area contributed by atoms with Gasteiger partial charge in [-0.2, -0.15) is 9.65 Å². The Balaban J connectivity index is 2.06. The Morgan fingerprint density at radius 1 is 1.46 bits per heavy atom. The average Bonchev–Trinajstić information content (AvgIpc) is 2.95. The van der Waals surface area contributed by atoms with E-state index in [1.54, 1.807) is 44.3 Å². The van der Waals surface area contributed by atoms with Gasteiger partial charge in [0, 0.05) is 17.5 Å². The van der Waals surface area contributed by atoms with E-state index in [1.807, 2.05) is 6.07 Å². The first-order valence-electron chi connectivity index (χ1n) is 7.26. The third-order valence-corrected chi connectivity index (χ3v) is 5.27. The lowest BCUT2D eigenvalue weighted by Crippen LogP contribution is -2.47. The number of aliphatic imine (C=N–C) groups is 1. The van der Waals surface area contributed by atoms with Crippen LogP contribution in [0.3, 0.4) is 0 Å². The summed E-state index contributed by atoms with van der Waals surface area (Å²) >= 11 is 0.950. The van der Waals surface area contributed by atoms with Crippen molar-refractivity contribution in [3.05, 3.63) is 45.9 Å². The van der Waals surface area contributed by atoms with Gasteiger partial charge in [-0.3, -0.25) is 9.69 Å². The molecule has 0 fully saturated rings. The second kappa shape index (κ2) is 5.73. The van der Waals surface area contributed by atoms with Crippen LogP contribution in [0.4, 0.5) is 4.39 Å². The first-order chi connectivity index (χ1) is 11.3.